The number of nitrogens with zero attached hydrogens (tertiary/aromatic N) is 1. The van der Waals surface area contributed by atoms with Crippen molar-refractivity contribution in [3.8, 4) is 0 Å². The van der Waals surface area contributed by atoms with Crippen LogP contribution in [0.4, 0.5) is 0 Å². The van der Waals surface area contributed by atoms with Gasteiger partial charge in [0.05, 0.1) is 0 Å². The molecule has 3 rings (SSSR count). The van der Waals surface area contributed by atoms with E-state index in [4.69, 9.17) is 0 Å². The van der Waals surface area contributed by atoms with Crippen molar-refractivity contribution < 1.29 is 0 Å². The molecule has 3 atom stereocenters. The van der Waals surface area contributed by atoms with Gasteiger partial charge in [-0.25, -0.2) is 0 Å². The fourth-order valence-corrected chi connectivity index (χ4v) is 3.88. The Labute approximate surface area is 105 Å². The van der Waals surface area contributed by atoms with Crippen molar-refractivity contribution >= 4 is 0 Å². The molecular weight excluding hydrogens is 208 g/mol. The number of likely N-dealkylation sites (tertiary alicyclic amines) is 1. The SMILES string of the molecule is C1=CC(N2CCCC(C3CCCN3)C2)CCC1. The Morgan fingerprint density at radius 3 is 2.82 bits per heavy atom. The smallest absolute Gasteiger partial charge is 0.0278 e. The number of piperidine rings is 1. The molecule has 2 heteroatoms. The summed E-state index contributed by atoms with van der Waals surface area (Å²) in [6, 6.07) is 1.58. The number of allylic oxidation sites excluding steroid dienone is 1. The van der Waals surface area contributed by atoms with E-state index in [1.54, 1.807) is 0 Å². The van der Waals surface area contributed by atoms with Gasteiger partial charge < -0.3 is 5.32 Å². The highest BCUT2D eigenvalue weighted by Crippen LogP contribution is 2.28. The summed E-state index contributed by atoms with van der Waals surface area (Å²) in [4.78, 5) is 2.75. The lowest BCUT2D eigenvalue weighted by Crippen LogP contribution is -2.47. The lowest BCUT2D eigenvalue weighted by atomic mass is 9.88. The largest absolute Gasteiger partial charge is 0.314 e. The number of nitrogens with one attached hydrogen (secondary N) is 1. The summed E-state index contributed by atoms with van der Waals surface area (Å²) in [6.07, 6.45) is 14.6. The molecule has 0 spiro atoms. The first-order chi connectivity index (χ1) is 8.43. The van der Waals surface area contributed by atoms with Gasteiger partial charge in [0, 0.05) is 18.6 Å². The molecule has 2 aliphatic heterocycles. The van der Waals surface area contributed by atoms with Crippen molar-refractivity contribution in [3.05, 3.63) is 12.2 Å². The second-order valence-corrected chi connectivity index (χ2v) is 6.03. The summed E-state index contributed by atoms with van der Waals surface area (Å²) in [7, 11) is 0. The van der Waals surface area contributed by atoms with Crippen LogP contribution >= 0.6 is 0 Å². The molecule has 3 aliphatic rings. The molecule has 0 aromatic rings. The maximum atomic E-state index is 3.71. The van der Waals surface area contributed by atoms with E-state index in [0.717, 1.165) is 18.0 Å². The number of hydrogen-bond donors (Lipinski definition) is 1. The van der Waals surface area contributed by atoms with Gasteiger partial charge in [0.25, 0.3) is 0 Å². The summed E-state index contributed by atoms with van der Waals surface area (Å²) in [5.74, 6) is 0.918. The minimum absolute atomic E-state index is 0.757. The first kappa shape index (κ1) is 11.7. The van der Waals surface area contributed by atoms with E-state index < -0.39 is 0 Å². The lowest BCUT2D eigenvalue weighted by Gasteiger charge is -2.40. The zero-order valence-electron chi connectivity index (χ0n) is 10.9. The van der Waals surface area contributed by atoms with Crippen molar-refractivity contribution in [3.63, 3.8) is 0 Å². The van der Waals surface area contributed by atoms with Crippen molar-refractivity contribution in [2.24, 2.45) is 5.92 Å². The molecule has 96 valence electrons. The minimum Gasteiger partial charge on any atom is -0.314 e. The van der Waals surface area contributed by atoms with Gasteiger partial charge in [0.1, 0.15) is 0 Å². The van der Waals surface area contributed by atoms with E-state index in [9.17, 15) is 0 Å². The molecule has 1 N–H and O–H groups in total. The molecule has 2 nitrogen and oxygen atoms in total. The molecular formula is C15H26N2. The van der Waals surface area contributed by atoms with Crippen LogP contribution in [0.5, 0.6) is 0 Å². The summed E-state index contributed by atoms with van der Waals surface area (Å²) >= 11 is 0. The third-order valence-corrected chi connectivity index (χ3v) is 4.85. The second kappa shape index (κ2) is 5.53. The van der Waals surface area contributed by atoms with Crippen molar-refractivity contribution in [2.75, 3.05) is 19.6 Å². The topological polar surface area (TPSA) is 15.3 Å². The highest BCUT2D eigenvalue weighted by Gasteiger charge is 2.31. The minimum atomic E-state index is 0.757. The van der Waals surface area contributed by atoms with E-state index in [1.165, 1.54) is 64.6 Å². The highest BCUT2D eigenvalue weighted by molar-refractivity contribution is 5.00. The molecule has 2 saturated heterocycles. The van der Waals surface area contributed by atoms with Gasteiger partial charge in [0.15, 0.2) is 0 Å². The Balaban J connectivity index is 1.58. The van der Waals surface area contributed by atoms with E-state index >= 15 is 0 Å². The van der Waals surface area contributed by atoms with Gasteiger partial charge >= 0.3 is 0 Å². The molecule has 2 fully saturated rings. The monoisotopic (exact) mass is 234 g/mol. The molecule has 0 aromatic carbocycles. The molecule has 0 saturated carbocycles. The van der Waals surface area contributed by atoms with Gasteiger partial charge in [-0.3, -0.25) is 4.90 Å². The molecule has 3 unspecified atom stereocenters. The second-order valence-electron chi connectivity index (χ2n) is 6.03. The normalized spacial score (nSPS) is 39.6. The van der Waals surface area contributed by atoms with Crippen molar-refractivity contribution in [1.82, 2.24) is 10.2 Å². The van der Waals surface area contributed by atoms with Crippen molar-refractivity contribution in [1.29, 1.82) is 0 Å². The molecule has 0 aromatic heterocycles. The zero-order chi connectivity index (χ0) is 11.5. The van der Waals surface area contributed by atoms with Crippen LogP contribution in [0.2, 0.25) is 0 Å². The maximum absolute atomic E-state index is 3.71. The van der Waals surface area contributed by atoms with E-state index in [1.807, 2.05) is 0 Å². The quantitative estimate of drug-likeness (QED) is 0.739. The van der Waals surface area contributed by atoms with Crippen LogP contribution in [-0.4, -0.2) is 36.6 Å². The van der Waals surface area contributed by atoms with Gasteiger partial charge in [-0.05, 0) is 64.0 Å². The molecule has 17 heavy (non-hydrogen) atoms. The zero-order valence-corrected chi connectivity index (χ0v) is 10.9. The standard InChI is InChI=1S/C15H26N2/c1-2-7-14(8-3-1)17-11-5-6-13(12-17)15-9-4-10-16-15/h2,7,13-16H,1,3-6,8-12H2. The summed E-state index contributed by atoms with van der Waals surface area (Å²) in [5.41, 5.74) is 0. The van der Waals surface area contributed by atoms with Crippen LogP contribution in [0.1, 0.15) is 44.9 Å². The first-order valence-corrected chi connectivity index (χ1v) is 7.57. The van der Waals surface area contributed by atoms with Crippen LogP contribution < -0.4 is 5.32 Å². The van der Waals surface area contributed by atoms with E-state index in [-0.39, 0.29) is 0 Å². The number of rotatable bonds is 2. The number of hydrogen-bond acceptors (Lipinski definition) is 2. The average Bonchev–Trinajstić information content (AvgIpc) is 2.94. The molecule has 2 heterocycles. The molecule has 1 aliphatic carbocycles. The Morgan fingerprint density at radius 2 is 2.06 bits per heavy atom. The Kier molecular flexibility index (Phi) is 3.82. The van der Waals surface area contributed by atoms with Crippen LogP contribution in [-0.2, 0) is 0 Å². The fourth-order valence-electron chi connectivity index (χ4n) is 3.88. The van der Waals surface area contributed by atoms with Crippen molar-refractivity contribution in [2.45, 2.75) is 57.0 Å². The predicted molar refractivity (Wildman–Crippen MR) is 72.1 cm³/mol. The first-order valence-electron chi connectivity index (χ1n) is 7.57. The van der Waals surface area contributed by atoms with Gasteiger partial charge in [-0.1, -0.05) is 12.2 Å². The summed E-state index contributed by atoms with van der Waals surface area (Å²) in [6.45, 7) is 3.93. The fraction of sp³-hybridized carbons (Fsp3) is 0.867. The van der Waals surface area contributed by atoms with Gasteiger partial charge in [-0.15, -0.1) is 0 Å². The molecule has 0 radical (unpaired) electrons. The maximum Gasteiger partial charge on any atom is 0.0278 e. The van der Waals surface area contributed by atoms with Crippen LogP contribution in [0.15, 0.2) is 12.2 Å². The third kappa shape index (κ3) is 2.74. The predicted octanol–water partition coefficient (Wildman–Crippen LogP) is 2.56. The summed E-state index contributed by atoms with van der Waals surface area (Å²) in [5, 5.41) is 3.71. The Morgan fingerprint density at radius 1 is 1.06 bits per heavy atom. The highest BCUT2D eigenvalue weighted by atomic mass is 15.2. The van der Waals surface area contributed by atoms with Gasteiger partial charge in [0.2, 0.25) is 0 Å². The van der Waals surface area contributed by atoms with Gasteiger partial charge in [-0.2, -0.15) is 0 Å². The van der Waals surface area contributed by atoms with Crippen LogP contribution in [0.25, 0.3) is 0 Å². The van der Waals surface area contributed by atoms with E-state index in [0.29, 0.717) is 0 Å². The Hall–Kier alpha value is -0.340. The lowest BCUT2D eigenvalue weighted by molar-refractivity contribution is 0.119. The average molecular weight is 234 g/mol. The van der Waals surface area contributed by atoms with Crippen LogP contribution in [0, 0.1) is 5.92 Å². The molecule has 0 bridgehead atoms. The molecule has 0 amide bonds. The Bertz CT molecular complexity index is 268. The van der Waals surface area contributed by atoms with E-state index in [2.05, 4.69) is 22.4 Å². The summed E-state index contributed by atoms with van der Waals surface area (Å²) < 4.78 is 0. The van der Waals surface area contributed by atoms with Crippen LogP contribution in [0.3, 0.4) is 0 Å². The third-order valence-electron chi connectivity index (χ3n) is 4.85.